The molecule has 0 aliphatic heterocycles. The maximum atomic E-state index is 8.88. The Morgan fingerprint density at radius 2 is 0.897 bits per heavy atom. The molecule has 1 saturated carbocycles. The van der Waals surface area contributed by atoms with Gasteiger partial charge in [-0.1, -0.05) is 54.6 Å². The van der Waals surface area contributed by atoms with Crippen LogP contribution < -0.4 is 15.9 Å². The largest absolute Gasteiger partial charge is 0.466 e. The van der Waals surface area contributed by atoms with E-state index in [9.17, 15) is 0 Å². The van der Waals surface area contributed by atoms with Crippen LogP contribution in [0.25, 0.3) is 0 Å². The predicted octanol–water partition coefficient (Wildman–Crippen LogP) is 3.99. The van der Waals surface area contributed by atoms with Gasteiger partial charge in [0.2, 0.25) is 0 Å². The van der Waals surface area contributed by atoms with Crippen LogP contribution in [-0.4, -0.2) is 20.3 Å². The lowest BCUT2D eigenvalue weighted by Crippen LogP contribution is -2.37. The van der Waals surface area contributed by atoms with E-state index in [1.807, 2.05) is 0 Å². The Kier molecular flexibility index (Phi) is 7.40. The van der Waals surface area contributed by atoms with Gasteiger partial charge < -0.3 is 14.7 Å². The average Bonchev–Trinajstić information content (AvgIpc) is 3.25. The Morgan fingerprint density at radius 1 is 0.621 bits per heavy atom. The molecule has 4 rings (SSSR count). The third kappa shape index (κ3) is 5.42. The van der Waals surface area contributed by atoms with Crippen LogP contribution in [0.15, 0.2) is 91.0 Å². The Hall–Kier alpha value is -1.80. The van der Waals surface area contributed by atoms with Crippen molar-refractivity contribution in [1.29, 1.82) is 0 Å². The van der Waals surface area contributed by atoms with E-state index in [0.29, 0.717) is 0 Å². The number of hydrogen-bond donors (Lipinski definition) is 3. The third-order valence-corrected chi connectivity index (χ3v) is 10.3. The molecule has 3 N–H and O–H groups in total. The second kappa shape index (κ2) is 9.80. The maximum absolute atomic E-state index is 8.88. The van der Waals surface area contributed by atoms with Crippen molar-refractivity contribution in [3.8, 4) is 0 Å². The van der Waals surface area contributed by atoms with Crippen molar-refractivity contribution in [1.82, 2.24) is 0 Å². The molecule has 0 atom stereocenters. The summed E-state index contributed by atoms with van der Waals surface area (Å²) in [6, 6.07) is 33.9. The summed E-state index contributed by atoms with van der Waals surface area (Å²) in [5.41, 5.74) is 0.768. The van der Waals surface area contributed by atoms with Gasteiger partial charge in [-0.3, -0.25) is 0 Å². The van der Waals surface area contributed by atoms with Gasteiger partial charge >= 0.3 is 7.82 Å². The zero-order valence-electron chi connectivity index (χ0n) is 16.2. The fourth-order valence-corrected chi connectivity index (χ4v) is 9.59. The molecule has 1 aliphatic carbocycles. The van der Waals surface area contributed by atoms with Gasteiger partial charge in [0.25, 0.3) is 0 Å². The summed E-state index contributed by atoms with van der Waals surface area (Å²) >= 11 is 0. The number of hydrogen-bond acceptors (Lipinski definition) is 1. The zero-order chi connectivity index (χ0) is 20.7. The maximum Gasteiger partial charge on any atom is 0.466 e. The highest BCUT2D eigenvalue weighted by molar-refractivity contribution is 7.96. The van der Waals surface area contributed by atoms with Gasteiger partial charge in [0, 0.05) is 0 Å². The number of benzene rings is 3. The topological polar surface area (TPSA) is 77.8 Å². The molecule has 0 aromatic heterocycles. The van der Waals surface area contributed by atoms with Crippen LogP contribution in [0, 0.1) is 0 Å². The number of rotatable bonds is 4. The summed E-state index contributed by atoms with van der Waals surface area (Å²) in [6.07, 6.45) is 5.46. The van der Waals surface area contributed by atoms with E-state index in [-0.39, 0.29) is 0 Å². The Bertz CT molecular complexity index is 816. The molecule has 0 unspecified atom stereocenters. The Labute approximate surface area is 172 Å². The zero-order valence-corrected chi connectivity index (χ0v) is 18.0. The molecule has 4 nitrogen and oxygen atoms in total. The van der Waals surface area contributed by atoms with Crippen molar-refractivity contribution < 1.29 is 19.2 Å². The average molecular weight is 429 g/mol. The molecule has 0 heterocycles. The fraction of sp³-hybridized carbons (Fsp3) is 0.217. The highest BCUT2D eigenvalue weighted by atomic mass is 31.2. The van der Waals surface area contributed by atoms with Crippen molar-refractivity contribution in [3.63, 3.8) is 0 Å². The molecule has 6 heteroatoms. The second-order valence-electron chi connectivity index (χ2n) is 7.18. The van der Waals surface area contributed by atoms with Gasteiger partial charge in [0.05, 0.1) is 5.66 Å². The molecule has 29 heavy (non-hydrogen) atoms. The summed E-state index contributed by atoms with van der Waals surface area (Å²) in [5.74, 6) is 0. The van der Waals surface area contributed by atoms with Crippen LogP contribution in [0.2, 0.25) is 0 Å². The standard InChI is InChI=1S/C23H24P.H3O4P/c1-4-12-20(13-5-1)24(23-18-10-11-19-23,21-14-6-2-7-15-21)22-16-8-3-9-17-22;1-5(2,3)4/h1-9,12-17,23H,10-11,18-19H2;(H3,1,2,3,4)/q+1;. The minimum Gasteiger partial charge on any atom is -0.303 e. The van der Waals surface area contributed by atoms with Crippen molar-refractivity contribution in [2.45, 2.75) is 31.3 Å². The van der Waals surface area contributed by atoms with E-state index in [1.165, 1.54) is 41.6 Å². The molecule has 1 aliphatic rings. The monoisotopic (exact) mass is 429 g/mol. The predicted molar refractivity (Wildman–Crippen MR) is 122 cm³/mol. The van der Waals surface area contributed by atoms with Crippen molar-refractivity contribution in [2.75, 3.05) is 0 Å². The quantitative estimate of drug-likeness (QED) is 0.548. The molecular weight excluding hydrogens is 402 g/mol. The minimum atomic E-state index is -4.64. The first-order chi connectivity index (χ1) is 13.9. The van der Waals surface area contributed by atoms with Gasteiger partial charge in [-0.15, -0.1) is 0 Å². The first kappa shape index (κ1) is 21.9. The van der Waals surface area contributed by atoms with Crippen LogP contribution in [0.5, 0.6) is 0 Å². The Balaban J connectivity index is 0.000000431. The van der Waals surface area contributed by atoms with E-state index in [2.05, 4.69) is 91.0 Å². The van der Waals surface area contributed by atoms with Gasteiger partial charge in [0.15, 0.2) is 0 Å². The van der Waals surface area contributed by atoms with Gasteiger partial charge in [-0.05, 0) is 62.1 Å². The molecule has 1 fully saturated rings. The van der Waals surface area contributed by atoms with Crippen molar-refractivity contribution >= 4 is 31.0 Å². The summed E-state index contributed by atoms with van der Waals surface area (Å²) in [7, 11) is -6.24. The lowest BCUT2D eigenvalue weighted by molar-refractivity contribution is 0.275. The Morgan fingerprint density at radius 3 is 1.17 bits per heavy atom. The van der Waals surface area contributed by atoms with E-state index >= 15 is 0 Å². The second-order valence-corrected chi connectivity index (χ2v) is 11.9. The van der Waals surface area contributed by atoms with Gasteiger partial charge in [-0.25, -0.2) is 4.57 Å². The fourth-order valence-electron chi connectivity index (χ4n) is 4.36. The van der Waals surface area contributed by atoms with E-state index in [1.54, 1.807) is 0 Å². The van der Waals surface area contributed by atoms with Crippen LogP contribution in [0.4, 0.5) is 0 Å². The highest BCUT2D eigenvalue weighted by Crippen LogP contribution is 2.63. The van der Waals surface area contributed by atoms with Crippen LogP contribution in [0.1, 0.15) is 25.7 Å². The summed E-state index contributed by atoms with van der Waals surface area (Å²) in [5, 5.41) is 4.61. The summed E-state index contributed by atoms with van der Waals surface area (Å²) in [6.45, 7) is 0. The van der Waals surface area contributed by atoms with Crippen LogP contribution >= 0.6 is 15.1 Å². The minimum absolute atomic E-state index is 0.768. The lowest BCUT2D eigenvalue weighted by atomic mass is 10.3. The smallest absolute Gasteiger partial charge is 0.303 e. The summed E-state index contributed by atoms with van der Waals surface area (Å²) < 4.78 is 8.88. The lowest BCUT2D eigenvalue weighted by Gasteiger charge is -2.32. The van der Waals surface area contributed by atoms with Crippen molar-refractivity contribution in [2.24, 2.45) is 0 Å². The third-order valence-electron chi connectivity index (χ3n) is 5.36. The van der Waals surface area contributed by atoms with Crippen molar-refractivity contribution in [3.05, 3.63) is 91.0 Å². The first-order valence-electron chi connectivity index (χ1n) is 9.76. The van der Waals surface area contributed by atoms with Gasteiger partial charge in [-0.2, -0.15) is 0 Å². The van der Waals surface area contributed by atoms with E-state index in [4.69, 9.17) is 19.2 Å². The SMILES string of the molecule is O=P(O)(O)O.c1ccc([P+](c2ccccc2)(c2ccccc2)C2CCCC2)cc1. The van der Waals surface area contributed by atoms with Crippen LogP contribution in [-0.2, 0) is 4.57 Å². The molecule has 3 aromatic rings. The molecule has 0 saturated heterocycles. The molecule has 152 valence electrons. The molecule has 0 radical (unpaired) electrons. The molecule has 3 aromatic carbocycles. The summed E-state index contributed by atoms with van der Waals surface area (Å²) in [4.78, 5) is 21.6. The normalized spacial score (nSPS) is 14.9. The van der Waals surface area contributed by atoms with Gasteiger partial charge in [0.1, 0.15) is 23.2 Å². The molecule has 0 spiro atoms. The molecule has 0 bridgehead atoms. The van der Waals surface area contributed by atoms with Crippen LogP contribution in [0.3, 0.4) is 0 Å². The van der Waals surface area contributed by atoms with E-state index in [0.717, 1.165) is 5.66 Å². The van der Waals surface area contributed by atoms with E-state index < -0.39 is 15.1 Å². The highest BCUT2D eigenvalue weighted by Gasteiger charge is 2.52. The number of phosphoric acid groups is 1. The molecular formula is C23H27O4P2+. The molecule has 0 amide bonds. The first-order valence-corrected chi connectivity index (χ1v) is 13.2.